The smallest absolute Gasteiger partial charge is 0.258 e. The van der Waals surface area contributed by atoms with E-state index in [2.05, 4.69) is 10.1 Å². The summed E-state index contributed by atoms with van der Waals surface area (Å²) in [5.41, 5.74) is 2.09. The van der Waals surface area contributed by atoms with E-state index < -0.39 is 9.84 Å². The van der Waals surface area contributed by atoms with E-state index in [9.17, 15) is 13.2 Å². The summed E-state index contributed by atoms with van der Waals surface area (Å²) < 4.78 is 40.9. The lowest BCUT2D eigenvalue weighted by Gasteiger charge is -2.10. The second-order valence-corrected chi connectivity index (χ2v) is 11.2. The van der Waals surface area contributed by atoms with Crippen LogP contribution in [0.4, 0.5) is 0 Å². The van der Waals surface area contributed by atoms with Gasteiger partial charge in [0.15, 0.2) is 0 Å². The lowest BCUT2D eigenvalue weighted by molar-refractivity contribution is 0.242. The van der Waals surface area contributed by atoms with E-state index in [-0.39, 0.29) is 17.4 Å². The van der Waals surface area contributed by atoms with Gasteiger partial charge >= 0.3 is 0 Å². The zero-order chi connectivity index (χ0) is 26.4. The number of nitrogens with zero attached hydrogens (tertiary/aromatic N) is 3. The van der Waals surface area contributed by atoms with Crippen molar-refractivity contribution in [3.8, 4) is 34.3 Å². The van der Waals surface area contributed by atoms with Crippen molar-refractivity contribution in [1.29, 1.82) is 0 Å². The Balaban J connectivity index is 1.46. The zero-order valence-electron chi connectivity index (χ0n) is 21.0. The Labute approximate surface area is 215 Å². The Bertz CT molecular complexity index is 1510. The number of hydrogen-bond donors (Lipinski definition) is 0. The molecule has 2 heterocycles. The highest BCUT2D eigenvalue weighted by Gasteiger charge is 2.13. The quantitative estimate of drug-likeness (QED) is 0.269. The summed E-state index contributed by atoms with van der Waals surface area (Å²) in [6.07, 6.45) is 3.39. The van der Waals surface area contributed by atoms with Crippen molar-refractivity contribution in [3.63, 3.8) is 0 Å². The molecule has 2 aromatic carbocycles. The van der Waals surface area contributed by atoms with Crippen LogP contribution < -0.4 is 15.0 Å². The first kappa shape index (κ1) is 26.2. The van der Waals surface area contributed by atoms with Gasteiger partial charge in [-0.25, -0.2) is 8.42 Å². The predicted octanol–water partition coefficient (Wildman–Crippen LogP) is 4.21. The van der Waals surface area contributed by atoms with Gasteiger partial charge in [0, 0.05) is 29.6 Å². The maximum absolute atomic E-state index is 12.5. The summed E-state index contributed by atoms with van der Waals surface area (Å²) in [5.74, 6) is 2.18. The normalized spacial score (nSPS) is 11.6. The molecule has 0 fully saturated rings. The molecule has 0 aliphatic heterocycles. The number of pyridine rings is 1. The number of benzene rings is 2. The molecule has 0 spiro atoms. The molecule has 0 unspecified atom stereocenters. The third-order valence-corrected chi connectivity index (χ3v) is 6.35. The van der Waals surface area contributed by atoms with Gasteiger partial charge in [-0.2, -0.15) is 4.98 Å². The molecule has 0 atom stereocenters. The van der Waals surface area contributed by atoms with Gasteiger partial charge in [-0.3, -0.25) is 4.79 Å². The number of hydrogen-bond acceptors (Lipinski definition) is 8. The lowest BCUT2D eigenvalue weighted by Crippen LogP contribution is -2.19. The molecule has 37 heavy (non-hydrogen) atoms. The van der Waals surface area contributed by atoms with E-state index in [1.54, 1.807) is 22.9 Å². The van der Waals surface area contributed by atoms with Gasteiger partial charge in [0.2, 0.25) is 5.82 Å². The van der Waals surface area contributed by atoms with Crippen LogP contribution in [-0.4, -0.2) is 47.8 Å². The van der Waals surface area contributed by atoms with Crippen LogP contribution in [0.5, 0.6) is 11.5 Å². The Morgan fingerprint density at radius 1 is 1.00 bits per heavy atom. The largest absolute Gasteiger partial charge is 0.494 e. The van der Waals surface area contributed by atoms with Crippen molar-refractivity contribution in [3.05, 3.63) is 82.8 Å². The molecule has 0 N–H and O–H groups in total. The van der Waals surface area contributed by atoms with Gasteiger partial charge in [-0.1, -0.05) is 17.3 Å². The molecular formula is C27H29N3O6S. The topological polar surface area (TPSA) is 114 Å². The van der Waals surface area contributed by atoms with Crippen LogP contribution in [0.3, 0.4) is 0 Å². The average Bonchev–Trinajstić information content (AvgIpc) is 3.33. The molecule has 0 aliphatic carbocycles. The minimum atomic E-state index is -3.02. The molecule has 0 saturated heterocycles. The first-order valence-corrected chi connectivity index (χ1v) is 13.9. The molecule has 4 aromatic rings. The van der Waals surface area contributed by atoms with Gasteiger partial charge in [0.1, 0.15) is 21.3 Å². The molecule has 0 aliphatic rings. The maximum Gasteiger partial charge on any atom is 0.258 e. The molecule has 10 heteroatoms. The van der Waals surface area contributed by atoms with Gasteiger partial charge in [0.25, 0.3) is 11.4 Å². The fourth-order valence-electron chi connectivity index (χ4n) is 3.63. The van der Waals surface area contributed by atoms with Gasteiger partial charge in [-0.15, -0.1) is 0 Å². The van der Waals surface area contributed by atoms with Crippen LogP contribution in [0.2, 0.25) is 0 Å². The third kappa shape index (κ3) is 7.53. The van der Waals surface area contributed by atoms with Gasteiger partial charge < -0.3 is 18.6 Å². The second kappa shape index (κ2) is 11.4. The molecule has 2 aromatic heterocycles. The first-order chi connectivity index (χ1) is 17.7. The number of rotatable bonds is 11. The Kier molecular flexibility index (Phi) is 8.08. The Morgan fingerprint density at radius 2 is 1.76 bits per heavy atom. The summed E-state index contributed by atoms with van der Waals surface area (Å²) >= 11 is 0. The van der Waals surface area contributed by atoms with Gasteiger partial charge in [0.05, 0.1) is 25.0 Å². The second-order valence-electron chi connectivity index (χ2n) is 8.98. The van der Waals surface area contributed by atoms with Crippen LogP contribution in [0.15, 0.2) is 76.2 Å². The van der Waals surface area contributed by atoms with Crippen LogP contribution >= 0.6 is 0 Å². The summed E-state index contributed by atoms with van der Waals surface area (Å²) in [6.45, 7) is 4.54. The summed E-state index contributed by atoms with van der Waals surface area (Å²) in [7, 11) is -3.02. The monoisotopic (exact) mass is 523 g/mol. The predicted molar refractivity (Wildman–Crippen MR) is 141 cm³/mol. The molecular weight excluding hydrogens is 494 g/mol. The molecule has 0 saturated carbocycles. The molecule has 4 rings (SSSR count). The zero-order valence-corrected chi connectivity index (χ0v) is 21.8. The third-order valence-electron chi connectivity index (χ3n) is 5.32. The highest BCUT2D eigenvalue weighted by Crippen LogP contribution is 2.24. The van der Waals surface area contributed by atoms with Crippen molar-refractivity contribution >= 4 is 9.84 Å². The van der Waals surface area contributed by atoms with Crippen LogP contribution in [0.25, 0.3) is 22.8 Å². The van der Waals surface area contributed by atoms with Crippen LogP contribution in [0.1, 0.15) is 25.8 Å². The van der Waals surface area contributed by atoms with E-state index in [0.717, 1.165) is 16.9 Å². The fourth-order valence-corrected chi connectivity index (χ4v) is 4.28. The molecule has 194 valence electrons. The summed E-state index contributed by atoms with van der Waals surface area (Å²) in [4.78, 5) is 17.0. The van der Waals surface area contributed by atoms with Crippen molar-refractivity contribution in [2.24, 2.45) is 0 Å². The molecule has 0 amide bonds. The van der Waals surface area contributed by atoms with E-state index in [4.69, 9.17) is 14.0 Å². The van der Waals surface area contributed by atoms with E-state index >= 15 is 0 Å². The minimum absolute atomic E-state index is 0.0739. The van der Waals surface area contributed by atoms with E-state index in [1.807, 2.05) is 56.3 Å². The van der Waals surface area contributed by atoms with Crippen molar-refractivity contribution in [1.82, 2.24) is 14.7 Å². The van der Waals surface area contributed by atoms with Crippen molar-refractivity contribution in [2.75, 3.05) is 18.6 Å². The Hall–Kier alpha value is -3.92. The fraction of sp³-hybridized carbons (Fsp3) is 0.296. The SMILES string of the molecule is CC(C)Oc1ccc(-c2nc(-c3ccc(=O)n(Cc4cccc(OCCCS(C)(=O)=O)c4)c3)no2)cc1. The number of aromatic nitrogens is 3. The van der Waals surface area contributed by atoms with Crippen LogP contribution in [0, 0.1) is 0 Å². The standard InChI is InChI=1S/C27H29N3O6S/c1-19(2)35-23-11-8-21(9-12-23)27-28-26(29-36-27)22-10-13-25(31)30(18-22)17-20-6-4-7-24(16-20)34-14-5-15-37(3,32)33/h4,6-13,16,18-19H,5,14-15,17H2,1-3H3. The van der Waals surface area contributed by atoms with Crippen molar-refractivity contribution in [2.45, 2.75) is 32.9 Å². The highest BCUT2D eigenvalue weighted by molar-refractivity contribution is 7.90. The molecule has 0 bridgehead atoms. The number of sulfone groups is 1. The van der Waals surface area contributed by atoms with E-state index in [1.165, 1.54) is 12.3 Å². The molecule has 9 nitrogen and oxygen atoms in total. The van der Waals surface area contributed by atoms with Crippen molar-refractivity contribution < 1.29 is 22.4 Å². The highest BCUT2D eigenvalue weighted by atomic mass is 32.2. The Morgan fingerprint density at radius 3 is 2.49 bits per heavy atom. The maximum atomic E-state index is 12.5. The lowest BCUT2D eigenvalue weighted by atomic mass is 10.2. The van der Waals surface area contributed by atoms with E-state index in [0.29, 0.717) is 42.6 Å². The number of ether oxygens (including phenoxy) is 2. The summed E-state index contributed by atoms with van der Waals surface area (Å²) in [6, 6.07) is 17.9. The first-order valence-electron chi connectivity index (χ1n) is 11.9. The average molecular weight is 524 g/mol. The molecule has 0 radical (unpaired) electrons. The van der Waals surface area contributed by atoms with Crippen LogP contribution in [-0.2, 0) is 16.4 Å². The minimum Gasteiger partial charge on any atom is -0.494 e. The van der Waals surface area contributed by atoms with Gasteiger partial charge in [-0.05, 0) is 68.3 Å². The summed E-state index contributed by atoms with van der Waals surface area (Å²) in [5, 5.41) is 4.09.